The molecule has 1 atom stereocenters. The van der Waals surface area contributed by atoms with Crippen molar-refractivity contribution >= 4 is 28.4 Å². The fraction of sp³-hybridized carbons (Fsp3) is 0.733. The molecule has 0 saturated carbocycles. The average Bonchev–Trinajstić information content (AvgIpc) is 2.44. The number of nitrogens with zero attached hydrogens (tertiary/aromatic N) is 2. The predicted octanol–water partition coefficient (Wildman–Crippen LogP) is 3.61. The minimum Gasteiger partial charge on any atom is -0.381 e. The van der Waals surface area contributed by atoms with Crippen molar-refractivity contribution in [1.29, 1.82) is 0 Å². The molecule has 20 heavy (non-hydrogen) atoms. The average molecular weight is 389 g/mol. The minimum absolute atomic E-state index is 0.351. The summed E-state index contributed by atoms with van der Waals surface area (Å²) in [4.78, 5) is 9.58. The Hall–Kier alpha value is -0.430. The summed E-state index contributed by atoms with van der Waals surface area (Å²) in [5, 5.41) is 3.37. The van der Waals surface area contributed by atoms with Crippen LogP contribution in [0.5, 0.6) is 0 Å². The first-order valence-corrected chi connectivity index (χ1v) is 8.57. The number of anilines is 1. The monoisotopic (exact) mass is 389 g/mol. The van der Waals surface area contributed by atoms with Crippen molar-refractivity contribution in [1.82, 2.24) is 9.97 Å². The van der Waals surface area contributed by atoms with Gasteiger partial charge in [-0.3, -0.25) is 0 Å². The molecular formula is C15H24IN3O. The van der Waals surface area contributed by atoms with Crippen LogP contribution in [0.2, 0.25) is 0 Å². The Bertz CT molecular complexity index is 445. The van der Waals surface area contributed by atoms with Crippen LogP contribution in [0.1, 0.15) is 51.0 Å². The minimum atomic E-state index is 0.351. The van der Waals surface area contributed by atoms with Crippen LogP contribution in [0.15, 0.2) is 0 Å². The molecule has 1 saturated heterocycles. The summed E-state index contributed by atoms with van der Waals surface area (Å²) >= 11 is 2.37. The summed E-state index contributed by atoms with van der Waals surface area (Å²) in [5.74, 6) is 2.89. The van der Waals surface area contributed by atoms with E-state index in [1.165, 1.54) is 9.26 Å². The summed E-state index contributed by atoms with van der Waals surface area (Å²) in [5.41, 5.74) is 1.17. The first-order chi connectivity index (χ1) is 9.61. The van der Waals surface area contributed by atoms with Crippen LogP contribution in [-0.4, -0.2) is 29.7 Å². The fourth-order valence-electron chi connectivity index (χ4n) is 2.45. The van der Waals surface area contributed by atoms with Gasteiger partial charge in [-0.2, -0.15) is 0 Å². The highest BCUT2D eigenvalue weighted by atomic mass is 127. The van der Waals surface area contributed by atoms with Crippen molar-refractivity contribution in [2.24, 2.45) is 5.92 Å². The lowest BCUT2D eigenvalue weighted by atomic mass is 10.0. The third-order valence-electron chi connectivity index (χ3n) is 3.41. The molecule has 4 nitrogen and oxygen atoms in total. The Kier molecular flexibility index (Phi) is 6.01. The van der Waals surface area contributed by atoms with Crippen molar-refractivity contribution in [2.75, 3.05) is 25.1 Å². The molecular weight excluding hydrogens is 365 g/mol. The normalized spacial score (nSPS) is 19.4. The first-order valence-electron chi connectivity index (χ1n) is 7.49. The molecule has 1 aliphatic rings. The van der Waals surface area contributed by atoms with Gasteiger partial charge in [-0.25, -0.2) is 9.97 Å². The molecule has 2 heterocycles. The van der Waals surface area contributed by atoms with Crippen LogP contribution in [-0.2, 0) is 11.2 Å². The highest BCUT2D eigenvalue weighted by Gasteiger charge is 2.22. The lowest BCUT2D eigenvalue weighted by Crippen LogP contribution is -2.20. The predicted molar refractivity (Wildman–Crippen MR) is 90.2 cm³/mol. The number of hydrogen-bond donors (Lipinski definition) is 1. The van der Waals surface area contributed by atoms with Crippen molar-refractivity contribution in [3.63, 3.8) is 0 Å². The van der Waals surface area contributed by atoms with Gasteiger partial charge in [-0.1, -0.05) is 13.8 Å². The molecule has 5 heteroatoms. The SMILES string of the molecule is CCNc1nc(C2CCCOC2)nc(CC(C)C)c1I. The molecule has 0 aromatic carbocycles. The van der Waals surface area contributed by atoms with Crippen molar-refractivity contribution in [3.8, 4) is 0 Å². The molecule has 0 radical (unpaired) electrons. The Morgan fingerprint density at radius 2 is 2.20 bits per heavy atom. The summed E-state index contributed by atoms with van der Waals surface area (Å²) in [7, 11) is 0. The van der Waals surface area contributed by atoms with Crippen molar-refractivity contribution in [2.45, 2.75) is 46.0 Å². The van der Waals surface area contributed by atoms with Gasteiger partial charge in [-0.05, 0) is 54.7 Å². The zero-order valence-electron chi connectivity index (χ0n) is 12.6. The van der Waals surface area contributed by atoms with Crippen molar-refractivity contribution < 1.29 is 4.74 Å². The maximum Gasteiger partial charge on any atom is 0.143 e. The zero-order valence-corrected chi connectivity index (χ0v) is 14.7. The van der Waals surface area contributed by atoms with Crippen LogP contribution in [0.4, 0.5) is 5.82 Å². The number of aromatic nitrogens is 2. The summed E-state index contributed by atoms with van der Waals surface area (Å²) in [6.07, 6.45) is 3.24. The van der Waals surface area contributed by atoms with Crippen LogP contribution < -0.4 is 5.32 Å². The lowest BCUT2D eigenvalue weighted by molar-refractivity contribution is 0.0780. The topological polar surface area (TPSA) is 47.0 Å². The van der Waals surface area contributed by atoms with Gasteiger partial charge in [0.25, 0.3) is 0 Å². The smallest absolute Gasteiger partial charge is 0.143 e. The summed E-state index contributed by atoms with van der Waals surface area (Å²) in [6.45, 7) is 9.08. The molecule has 1 unspecified atom stereocenters. The number of nitrogens with one attached hydrogen (secondary N) is 1. The summed E-state index contributed by atoms with van der Waals surface area (Å²) < 4.78 is 6.75. The van der Waals surface area contributed by atoms with E-state index in [1.807, 2.05) is 0 Å². The second-order valence-corrected chi connectivity index (χ2v) is 6.81. The molecule has 1 aromatic heterocycles. The van der Waals surface area contributed by atoms with Crippen LogP contribution in [0, 0.1) is 9.49 Å². The van der Waals surface area contributed by atoms with Crippen LogP contribution in [0.3, 0.4) is 0 Å². The number of hydrogen-bond acceptors (Lipinski definition) is 4. The van der Waals surface area contributed by atoms with E-state index in [0.29, 0.717) is 11.8 Å². The molecule has 1 aliphatic heterocycles. The number of halogens is 1. The fourth-order valence-corrected chi connectivity index (χ4v) is 3.10. The maximum atomic E-state index is 5.59. The van der Waals surface area contributed by atoms with E-state index in [9.17, 15) is 0 Å². The number of rotatable bonds is 5. The molecule has 2 rings (SSSR count). The second kappa shape index (κ2) is 7.54. The first kappa shape index (κ1) is 15.9. The molecule has 0 aliphatic carbocycles. The van der Waals surface area contributed by atoms with Gasteiger partial charge in [-0.15, -0.1) is 0 Å². The highest BCUT2D eigenvalue weighted by Crippen LogP contribution is 2.28. The zero-order chi connectivity index (χ0) is 14.5. The third kappa shape index (κ3) is 4.04. The quantitative estimate of drug-likeness (QED) is 0.782. The van der Waals surface area contributed by atoms with Gasteiger partial charge in [0.2, 0.25) is 0 Å². The van der Waals surface area contributed by atoms with Gasteiger partial charge in [0.15, 0.2) is 0 Å². The Morgan fingerprint density at radius 3 is 2.80 bits per heavy atom. The van der Waals surface area contributed by atoms with Gasteiger partial charge >= 0.3 is 0 Å². The highest BCUT2D eigenvalue weighted by molar-refractivity contribution is 14.1. The van der Waals surface area contributed by atoms with E-state index in [2.05, 4.69) is 48.7 Å². The summed E-state index contributed by atoms with van der Waals surface area (Å²) in [6, 6.07) is 0. The van der Waals surface area contributed by atoms with Gasteiger partial charge < -0.3 is 10.1 Å². The lowest BCUT2D eigenvalue weighted by Gasteiger charge is -2.22. The van der Waals surface area contributed by atoms with Crippen LogP contribution in [0.25, 0.3) is 0 Å². The molecule has 0 amide bonds. The van der Waals surface area contributed by atoms with E-state index in [4.69, 9.17) is 14.7 Å². The van der Waals surface area contributed by atoms with E-state index in [1.54, 1.807) is 0 Å². The van der Waals surface area contributed by atoms with E-state index >= 15 is 0 Å². The second-order valence-electron chi connectivity index (χ2n) is 5.73. The van der Waals surface area contributed by atoms with Crippen molar-refractivity contribution in [3.05, 3.63) is 15.1 Å². The molecule has 0 bridgehead atoms. The van der Waals surface area contributed by atoms with E-state index in [-0.39, 0.29) is 0 Å². The van der Waals surface area contributed by atoms with Gasteiger partial charge in [0, 0.05) is 19.1 Å². The molecule has 112 valence electrons. The largest absolute Gasteiger partial charge is 0.381 e. The molecule has 1 N–H and O–H groups in total. The Morgan fingerprint density at radius 1 is 1.40 bits per heavy atom. The Labute approximate surface area is 135 Å². The molecule has 0 spiro atoms. The third-order valence-corrected chi connectivity index (χ3v) is 4.54. The van der Waals surface area contributed by atoms with Crippen LogP contribution >= 0.6 is 22.6 Å². The van der Waals surface area contributed by atoms with Gasteiger partial charge in [0.05, 0.1) is 15.9 Å². The molecule has 1 aromatic rings. The van der Waals surface area contributed by atoms with E-state index in [0.717, 1.165) is 50.7 Å². The van der Waals surface area contributed by atoms with Gasteiger partial charge in [0.1, 0.15) is 11.6 Å². The Balaban J connectivity index is 2.32. The maximum absolute atomic E-state index is 5.59. The molecule has 1 fully saturated rings. The standard InChI is InChI=1S/C15H24IN3O/c1-4-17-15-13(16)12(8-10(2)3)18-14(19-15)11-6-5-7-20-9-11/h10-11H,4-9H2,1-3H3,(H,17,18,19). The number of ether oxygens (including phenoxy) is 1. The van der Waals surface area contributed by atoms with E-state index < -0.39 is 0 Å².